The first-order valence-corrected chi connectivity index (χ1v) is 5.54. The Hall–Kier alpha value is -1.37. The number of carbonyl (C=O) groups is 1. The third kappa shape index (κ3) is 4.14. The molecule has 1 aromatic heterocycles. The lowest BCUT2D eigenvalue weighted by Gasteiger charge is -2.14. The van der Waals surface area contributed by atoms with Gasteiger partial charge in [-0.05, 0) is 6.07 Å². The number of halogens is 1. The maximum absolute atomic E-state index is 11.8. The van der Waals surface area contributed by atoms with Crippen molar-refractivity contribution in [3.8, 4) is 5.88 Å². The van der Waals surface area contributed by atoms with Crippen LogP contribution >= 0.6 is 11.6 Å². The smallest absolute Gasteiger partial charge is 0.251 e. The first kappa shape index (κ1) is 14.7. The maximum Gasteiger partial charge on any atom is 0.251 e. The monoisotopic (exact) mass is 274 g/mol. The van der Waals surface area contributed by atoms with Gasteiger partial charge in [-0.25, -0.2) is 4.98 Å². The normalized spacial score (nSPS) is 10.5. The van der Waals surface area contributed by atoms with Crippen LogP contribution in [0.15, 0.2) is 12.1 Å². The number of rotatable bonds is 6. The Morgan fingerprint density at radius 3 is 2.61 bits per heavy atom. The molecule has 6 nitrogen and oxygen atoms in total. The largest absolute Gasteiger partial charge is 0.481 e. The molecular weight excluding hydrogens is 260 g/mol. The minimum absolute atomic E-state index is 0.189. The molecule has 18 heavy (non-hydrogen) atoms. The highest BCUT2D eigenvalue weighted by Gasteiger charge is 2.12. The molecule has 100 valence electrons. The van der Waals surface area contributed by atoms with Crippen LogP contribution < -0.4 is 10.1 Å². The van der Waals surface area contributed by atoms with Gasteiger partial charge in [-0.1, -0.05) is 11.6 Å². The van der Waals surface area contributed by atoms with Crippen LogP contribution in [0, 0.1) is 0 Å². The molecule has 0 aliphatic rings. The highest BCUT2D eigenvalue weighted by atomic mass is 35.5. The molecule has 1 rings (SSSR count). The first-order valence-electron chi connectivity index (χ1n) is 5.16. The highest BCUT2D eigenvalue weighted by molar-refractivity contribution is 6.29. The molecule has 0 saturated heterocycles. The summed E-state index contributed by atoms with van der Waals surface area (Å²) in [5.41, 5.74) is 0.359. The van der Waals surface area contributed by atoms with E-state index in [-0.39, 0.29) is 23.5 Å². The zero-order chi connectivity index (χ0) is 13.5. The molecule has 0 bridgehead atoms. The molecule has 0 aliphatic carbocycles. The van der Waals surface area contributed by atoms with E-state index in [9.17, 15) is 4.79 Å². The molecule has 1 amide bonds. The second-order valence-corrected chi connectivity index (χ2v) is 3.72. The summed E-state index contributed by atoms with van der Waals surface area (Å²) in [5, 5.41) is 2.84. The van der Waals surface area contributed by atoms with Gasteiger partial charge in [-0.15, -0.1) is 0 Å². The molecule has 1 N–H and O–H groups in total. The van der Waals surface area contributed by atoms with Gasteiger partial charge in [-0.2, -0.15) is 0 Å². The average Bonchev–Trinajstić information content (AvgIpc) is 2.38. The van der Waals surface area contributed by atoms with Crippen LogP contribution in [0.3, 0.4) is 0 Å². The van der Waals surface area contributed by atoms with E-state index < -0.39 is 6.29 Å². The molecule has 0 fully saturated rings. The van der Waals surface area contributed by atoms with Crippen molar-refractivity contribution in [3.63, 3.8) is 0 Å². The van der Waals surface area contributed by atoms with E-state index >= 15 is 0 Å². The average molecular weight is 275 g/mol. The van der Waals surface area contributed by atoms with Crippen molar-refractivity contribution in [2.75, 3.05) is 27.9 Å². The van der Waals surface area contributed by atoms with Crippen LogP contribution in [0.5, 0.6) is 5.88 Å². The van der Waals surface area contributed by atoms with Gasteiger partial charge in [0.15, 0.2) is 6.29 Å². The Bertz CT molecular complexity index is 410. The number of aromatic nitrogens is 1. The Morgan fingerprint density at radius 2 is 2.06 bits per heavy atom. The number of carbonyl (C=O) groups excluding carboxylic acids is 1. The van der Waals surface area contributed by atoms with E-state index in [0.717, 1.165) is 0 Å². The SMILES string of the molecule is COc1cc(C(=O)NCC(OC)OC)cc(Cl)n1. The van der Waals surface area contributed by atoms with Crippen molar-refractivity contribution >= 4 is 17.5 Å². The molecule has 0 spiro atoms. The number of hydrogen-bond acceptors (Lipinski definition) is 5. The summed E-state index contributed by atoms with van der Waals surface area (Å²) in [4.78, 5) is 15.7. The number of methoxy groups -OCH3 is 3. The second kappa shape index (κ2) is 7.15. The summed E-state index contributed by atoms with van der Waals surface area (Å²) >= 11 is 5.77. The Balaban J connectivity index is 2.69. The molecule has 0 radical (unpaired) electrons. The van der Waals surface area contributed by atoms with Crippen molar-refractivity contribution in [1.29, 1.82) is 0 Å². The van der Waals surface area contributed by atoms with Gasteiger partial charge in [-0.3, -0.25) is 4.79 Å². The van der Waals surface area contributed by atoms with Crippen LogP contribution in [0.4, 0.5) is 0 Å². The van der Waals surface area contributed by atoms with Crippen LogP contribution in [-0.4, -0.2) is 45.1 Å². The summed E-state index contributed by atoms with van der Waals surface area (Å²) < 4.78 is 14.8. The lowest BCUT2D eigenvalue weighted by atomic mass is 10.2. The minimum Gasteiger partial charge on any atom is -0.481 e. The van der Waals surface area contributed by atoms with Crippen LogP contribution in [-0.2, 0) is 9.47 Å². The molecule has 0 aliphatic heterocycles. The van der Waals surface area contributed by atoms with Gasteiger partial charge in [0, 0.05) is 25.8 Å². The lowest BCUT2D eigenvalue weighted by Crippen LogP contribution is -2.34. The molecule has 0 aromatic carbocycles. The number of hydrogen-bond donors (Lipinski definition) is 1. The van der Waals surface area contributed by atoms with Gasteiger partial charge >= 0.3 is 0 Å². The molecule has 0 saturated carbocycles. The Morgan fingerprint density at radius 1 is 1.39 bits per heavy atom. The zero-order valence-corrected chi connectivity index (χ0v) is 11.2. The predicted octanol–water partition coefficient (Wildman–Crippen LogP) is 1.09. The molecular formula is C11H15ClN2O4. The maximum atomic E-state index is 11.8. The fraction of sp³-hybridized carbons (Fsp3) is 0.455. The van der Waals surface area contributed by atoms with Gasteiger partial charge in [0.2, 0.25) is 5.88 Å². The topological polar surface area (TPSA) is 69.7 Å². The van der Waals surface area contributed by atoms with Crippen molar-refractivity contribution in [2.24, 2.45) is 0 Å². The third-order valence-corrected chi connectivity index (χ3v) is 2.39. The third-order valence-electron chi connectivity index (χ3n) is 2.20. The van der Waals surface area contributed by atoms with Gasteiger partial charge in [0.05, 0.1) is 13.7 Å². The Labute approximate surface area is 110 Å². The van der Waals surface area contributed by atoms with Crippen LogP contribution in [0.2, 0.25) is 5.15 Å². The van der Waals surface area contributed by atoms with Gasteiger partial charge < -0.3 is 19.5 Å². The number of ether oxygens (including phenoxy) is 3. The summed E-state index contributed by atoms with van der Waals surface area (Å²) in [6.45, 7) is 0.230. The zero-order valence-electron chi connectivity index (χ0n) is 10.4. The summed E-state index contributed by atoms with van der Waals surface area (Å²) in [5.74, 6) is -0.0283. The minimum atomic E-state index is -0.492. The molecule has 7 heteroatoms. The number of nitrogens with zero attached hydrogens (tertiary/aromatic N) is 1. The van der Waals surface area contributed by atoms with Crippen molar-refractivity contribution in [2.45, 2.75) is 6.29 Å². The summed E-state index contributed by atoms with van der Waals surface area (Å²) in [7, 11) is 4.44. The predicted molar refractivity (Wildman–Crippen MR) is 65.9 cm³/mol. The highest BCUT2D eigenvalue weighted by Crippen LogP contribution is 2.15. The van der Waals surface area contributed by atoms with Gasteiger partial charge in [0.25, 0.3) is 5.91 Å². The quantitative estimate of drug-likeness (QED) is 0.621. The standard InChI is InChI=1S/C11H15ClN2O4/c1-16-9-5-7(4-8(12)14-9)11(15)13-6-10(17-2)18-3/h4-5,10H,6H2,1-3H3,(H,13,15). The fourth-order valence-corrected chi connectivity index (χ4v) is 1.45. The van der Waals surface area contributed by atoms with E-state index in [2.05, 4.69) is 10.3 Å². The molecule has 0 unspecified atom stereocenters. The number of pyridine rings is 1. The lowest BCUT2D eigenvalue weighted by molar-refractivity contribution is -0.0974. The van der Waals surface area contributed by atoms with Crippen molar-refractivity contribution < 1.29 is 19.0 Å². The van der Waals surface area contributed by atoms with E-state index in [1.807, 2.05) is 0 Å². The second-order valence-electron chi connectivity index (χ2n) is 3.33. The van der Waals surface area contributed by atoms with Crippen LogP contribution in [0.25, 0.3) is 0 Å². The molecule has 1 aromatic rings. The Kier molecular flexibility index (Phi) is 5.84. The van der Waals surface area contributed by atoms with Crippen LogP contribution in [0.1, 0.15) is 10.4 Å². The van der Waals surface area contributed by atoms with E-state index in [0.29, 0.717) is 5.56 Å². The van der Waals surface area contributed by atoms with E-state index in [1.165, 1.54) is 33.5 Å². The molecule has 1 heterocycles. The molecule has 0 atom stereocenters. The number of amides is 1. The number of nitrogens with one attached hydrogen (secondary N) is 1. The fourth-order valence-electron chi connectivity index (χ4n) is 1.25. The van der Waals surface area contributed by atoms with E-state index in [4.69, 9.17) is 25.8 Å². The summed E-state index contributed by atoms with van der Waals surface area (Å²) in [6.07, 6.45) is -0.492. The van der Waals surface area contributed by atoms with Gasteiger partial charge in [0.1, 0.15) is 5.15 Å². The van der Waals surface area contributed by atoms with E-state index in [1.54, 1.807) is 0 Å². The van der Waals surface area contributed by atoms with Crippen molar-refractivity contribution in [3.05, 3.63) is 22.8 Å². The first-order chi connectivity index (χ1) is 8.60. The van der Waals surface area contributed by atoms with Crippen molar-refractivity contribution in [1.82, 2.24) is 10.3 Å². The summed E-state index contributed by atoms with van der Waals surface area (Å²) in [6, 6.07) is 2.95.